The quantitative estimate of drug-likeness (QED) is 0.143. The normalized spacial score (nSPS) is 13.5. The average molecular weight is 519 g/mol. The lowest BCUT2D eigenvalue weighted by molar-refractivity contribution is -0.135. The molecule has 0 fully saturated rings. The number of ether oxygens (including phenoxy) is 3. The van der Waals surface area contributed by atoms with Gasteiger partial charge in [-0.2, -0.15) is 0 Å². The van der Waals surface area contributed by atoms with Gasteiger partial charge in [-0.05, 0) is 43.9 Å². The topological polar surface area (TPSA) is 78.9 Å². The molecule has 1 aromatic rings. The van der Waals surface area contributed by atoms with Crippen molar-refractivity contribution in [1.82, 2.24) is 0 Å². The maximum absolute atomic E-state index is 12.6. The first-order valence-electron chi connectivity index (χ1n) is 14.4. The number of rotatable bonds is 18. The Labute approximate surface area is 224 Å². The second-order valence-electron chi connectivity index (χ2n) is 10.8. The molecule has 0 amide bonds. The summed E-state index contributed by atoms with van der Waals surface area (Å²) in [6.45, 7) is 14.5. The predicted molar refractivity (Wildman–Crippen MR) is 148 cm³/mol. The standard InChI is InChI=1S/C31H50O6/c1-8-11-22(4)14-17-29(32)35-26-20-27(36-30(33)18-15-23(5)12-9-2)25(7)28(21-26)37-31(34)19-16-24(6)13-10-3/h20-24H,8-19H2,1-7H3. The Kier molecular flexibility index (Phi) is 15.9. The highest BCUT2D eigenvalue weighted by Crippen LogP contribution is 2.35. The average Bonchev–Trinajstić information content (AvgIpc) is 2.83. The van der Waals surface area contributed by atoms with Crippen LogP contribution in [0.5, 0.6) is 17.2 Å². The Morgan fingerprint density at radius 1 is 0.595 bits per heavy atom. The van der Waals surface area contributed by atoms with E-state index in [4.69, 9.17) is 14.2 Å². The van der Waals surface area contributed by atoms with Crippen molar-refractivity contribution >= 4 is 17.9 Å². The molecule has 0 bridgehead atoms. The summed E-state index contributed by atoms with van der Waals surface area (Å²) in [7, 11) is 0. The fourth-order valence-electron chi connectivity index (χ4n) is 4.44. The van der Waals surface area contributed by atoms with Crippen molar-refractivity contribution in [2.75, 3.05) is 0 Å². The van der Waals surface area contributed by atoms with Crippen molar-refractivity contribution < 1.29 is 28.6 Å². The van der Waals surface area contributed by atoms with Gasteiger partial charge in [0.1, 0.15) is 17.2 Å². The van der Waals surface area contributed by atoms with E-state index in [1.165, 1.54) is 12.1 Å². The number of benzene rings is 1. The minimum Gasteiger partial charge on any atom is -0.426 e. The summed E-state index contributed by atoms with van der Waals surface area (Å²) < 4.78 is 16.9. The largest absolute Gasteiger partial charge is 0.426 e. The number of hydrogen-bond acceptors (Lipinski definition) is 6. The highest BCUT2D eigenvalue weighted by molar-refractivity contribution is 5.77. The molecule has 0 N–H and O–H groups in total. The van der Waals surface area contributed by atoms with E-state index in [1.54, 1.807) is 6.92 Å². The number of carbonyl (C=O) groups excluding carboxylic acids is 3. The zero-order valence-corrected chi connectivity index (χ0v) is 24.3. The number of esters is 3. The molecule has 0 aliphatic carbocycles. The van der Waals surface area contributed by atoms with E-state index >= 15 is 0 Å². The summed E-state index contributed by atoms with van der Waals surface area (Å²) in [6.07, 6.45) is 9.53. The first-order chi connectivity index (χ1) is 17.6. The number of hydrogen-bond donors (Lipinski definition) is 0. The minimum atomic E-state index is -0.358. The van der Waals surface area contributed by atoms with E-state index in [9.17, 15) is 14.4 Å². The molecule has 6 heteroatoms. The van der Waals surface area contributed by atoms with E-state index in [2.05, 4.69) is 41.5 Å². The summed E-state index contributed by atoms with van der Waals surface area (Å²) in [5.41, 5.74) is 0.529. The maximum atomic E-state index is 12.6. The fraction of sp³-hybridized carbons (Fsp3) is 0.710. The monoisotopic (exact) mass is 518 g/mol. The minimum absolute atomic E-state index is 0.211. The molecular formula is C31H50O6. The molecule has 1 aromatic carbocycles. The molecular weight excluding hydrogens is 468 g/mol. The van der Waals surface area contributed by atoms with Crippen molar-refractivity contribution in [2.45, 2.75) is 126 Å². The van der Waals surface area contributed by atoms with Crippen LogP contribution in [0.15, 0.2) is 12.1 Å². The molecule has 0 aliphatic heterocycles. The lowest BCUT2D eigenvalue weighted by atomic mass is 10.0. The molecule has 0 aromatic heterocycles. The molecule has 0 saturated heterocycles. The molecule has 210 valence electrons. The van der Waals surface area contributed by atoms with Gasteiger partial charge in [-0.25, -0.2) is 0 Å². The van der Waals surface area contributed by atoms with Gasteiger partial charge in [-0.1, -0.05) is 80.1 Å². The van der Waals surface area contributed by atoms with Crippen molar-refractivity contribution in [3.8, 4) is 17.2 Å². The Balaban J connectivity index is 3.00. The van der Waals surface area contributed by atoms with Crippen LogP contribution in [0.3, 0.4) is 0 Å². The predicted octanol–water partition coefficient (Wildman–Crippen LogP) is 8.36. The Bertz CT molecular complexity index is 795. The van der Waals surface area contributed by atoms with E-state index in [1.807, 2.05) is 0 Å². The van der Waals surface area contributed by atoms with Crippen LogP contribution in [0.25, 0.3) is 0 Å². The van der Waals surface area contributed by atoms with E-state index < -0.39 is 0 Å². The molecule has 0 radical (unpaired) electrons. The molecule has 37 heavy (non-hydrogen) atoms. The van der Waals surface area contributed by atoms with Crippen molar-refractivity contribution in [2.24, 2.45) is 17.8 Å². The zero-order valence-electron chi connectivity index (χ0n) is 24.3. The van der Waals surface area contributed by atoms with E-state index in [0.29, 0.717) is 42.6 Å². The molecule has 6 nitrogen and oxygen atoms in total. The van der Waals surface area contributed by atoms with Gasteiger partial charge in [0.2, 0.25) is 0 Å². The summed E-state index contributed by atoms with van der Waals surface area (Å²) in [6, 6.07) is 3.08. The summed E-state index contributed by atoms with van der Waals surface area (Å²) in [5.74, 6) is 0.961. The highest BCUT2D eigenvalue weighted by atomic mass is 16.6. The third kappa shape index (κ3) is 13.7. The molecule has 0 aliphatic rings. The lowest BCUT2D eigenvalue weighted by Crippen LogP contribution is -2.14. The summed E-state index contributed by atoms with van der Waals surface area (Å²) in [4.78, 5) is 37.7. The van der Waals surface area contributed by atoms with E-state index in [0.717, 1.165) is 57.8 Å². The molecule has 1 rings (SSSR count). The smallest absolute Gasteiger partial charge is 0.311 e. The van der Waals surface area contributed by atoms with Crippen LogP contribution in [0.2, 0.25) is 0 Å². The van der Waals surface area contributed by atoms with Gasteiger partial charge < -0.3 is 14.2 Å². The Hall–Kier alpha value is -2.37. The summed E-state index contributed by atoms with van der Waals surface area (Å²) >= 11 is 0. The van der Waals surface area contributed by atoms with Gasteiger partial charge in [-0.3, -0.25) is 14.4 Å². The molecule has 0 heterocycles. The van der Waals surface area contributed by atoms with Crippen LogP contribution in [0, 0.1) is 24.7 Å². The van der Waals surface area contributed by atoms with Crippen LogP contribution in [-0.4, -0.2) is 17.9 Å². The van der Waals surface area contributed by atoms with Gasteiger partial charge in [0.25, 0.3) is 0 Å². The first-order valence-corrected chi connectivity index (χ1v) is 14.4. The molecule has 3 unspecified atom stereocenters. The van der Waals surface area contributed by atoms with Crippen molar-refractivity contribution in [1.29, 1.82) is 0 Å². The van der Waals surface area contributed by atoms with Gasteiger partial charge in [0, 0.05) is 37.0 Å². The van der Waals surface area contributed by atoms with Crippen LogP contribution in [0.1, 0.15) is 124 Å². The van der Waals surface area contributed by atoms with Gasteiger partial charge >= 0.3 is 17.9 Å². The Morgan fingerprint density at radius 3 is 1.24 bits per heavy atom. The third-order valence-electron chi connectivity index (χ3n) is 6.83. The zero-order chi connectivity index (χ0) is 27.8. The second kappa shape index (κ2) is 18.0. The van der Waals surface area contributed by atoms with Crippen molar-refractivity contribution in [3.63, 3.8) is 0 Å². The van der Waals surface area contributed by atoms with Crippen molar-refractivity contribution in [3.05, 3.63) is 17.7 Å². The lowest BCUT2D eigenvalue weighted by Gasteiger charge is -2.16. The van der Waals surface area contributed by atoms with Crippen LogP contribution >= 0.6 is 0 Å². The number of carbonyl (C=O) groups is 3. The van der Waals surface area contributed by atoms with Gasteiger partial charge in [0.15, 0.2) is 0 Å². The first kappa shape index (κ1) is 32.7. The second-order valence-corrected chi connectivity index (χ2v) is 10.8. The van der Waals surface area contributed by atoms with E-state index in [-0.39, 0.29) is 35.2 Å². The fourth-order valence-corrected chi connectivity index (χ4v) is 4.44. The van der Waals surface area contributed by atoms with Crippen LogP contribution in [-0.2, 0) is 14.4 Å². The molecule has 0 spiro atoms. The SMILES string of the molecule is CCCC(C)CCC(=O)Oc1cc(OC(=O)CCC(C)CCC)c(C)c(OC(=O)CCC(C)CCC)c1. The Morgan fingerprint density at radius 2 is 0.919 bits per heavy atom. The summed E-state index contributed by atoms with van der Waals surface area (Å²) in [5, 5.41) is 0. The van der Waals surface area contributed by atoms with Gasteiger partial charge in [0.05, 0.1) is 0 Å². The van der Waals surface area contributed by atoms with Crippen LogP contribution in [0.4, 0.5) is 0 Å². The molecule has 3 atom stereocenters. The third-order valence-corrected chi connectivity index (χ3v) is 6.83. The highest BCUT2D eigenvalue weighted by Gasteiger charge is 2.19. The van der Waals surface area contributed by atoms with Crippen LogP contribution < -0.4 is 14.2 Å². The molecule has 0 saturated carbocycles. The maximum Gasteiger partial charge on any atom is 0.311 e. The van der Waals surface area contributed by atoms with Gasteiger partial charge in [-0.15, -0.1) is 0 Å².